The number of hydrogen-bond acceptors (Lipinski definition) is 5. The average molecular weight is 438 g/mol. The van der Waals surface area contributed by atoms with E-state index in [1.165, 1.54) is 0 Å². The maximum atomic E-state index is 12.1. The van der Waals surface area contributed by atoms with E-state index in [9.17, 15) is 9.59 Å². The van der Waals surface area contributed by atoms with Crippen molar-refractivity contribution in [2.24, 2.45) is 0 Å². The molecule has 1 rings (SSSR count). The Morgan fingerprint density at radius 1 is 1.28 bits per heavy atom. The second-order valence-corrected chi connectivity index (χ2v) is 6.71. The largest absolute Gasteiger partial charge is 0.464 e. The Morgan fingerprint density at radius 3 is 2.45 bits per heavy atom. The van der Waals surface area contributed by atoms with E-state index in [0.29, 0.717) is 28.5 Å². The Kier molecular flexibility index (Phi) is 14.2. The number of nitrogens with one attached hydrogen (secondary N) is 1. The molecular formula is C22H28ClNO4S. The number of thiocarbonyl (C=S) groups is 1. The number of amides is 1. The first-order valence-corrected chi connectivity index (χ1v) is 9.86. The minimum atomic E-state index is -0.697. The number of hydrogen-bond donors (Lipinski definition) is 1. The number of benzene rings is 1. The summed E-state index contributed by atoms with van der Waals surface area (Å²) in [4.78, 5) is 23.9. The van der Waals surface area contributed by atoms with Crippen molar-refractivity contribution in [3.8, 4) is 0 Å². The molecule has 0 spiro atoms. The lowest BCUT2D eigenvalue weighted by Crippen LogP contribution is -2.41. The summed E-state index contributed by atoms with van der Waals surface area (Å²) in [5.41, 5.74) is 0.335. The summed E-state index contributed by atoms with van der Waals surface area (Å²) in [7, 11) is 0. The third kappa shape index (κ3) is 11.9. The topological polar surface area (TPSA) is 64.6 Å². The van der Waals surface area contributed by atoms with Crippen molar-refractivity contribution in [3.05, 3.63) is 72.0 Å². The minimum absolute atomic E-state index is 0.269. The third-order valence-electron chi connectivity index (χ3n) is 3.31. The van der Waals surface area contributed by atoms with E-state index in [1.807, 2.05) is 6.92 Å². The second kappa shape index (κ2) is 15.5. The SMILES string of the molecule is C=C/C=C(\C)OC(C)=S.C=CCCC(NC(=O)c1ccccc1Cl)C(=O)OCC. The molecule has 5 nitrogen and oxygen atoms in total. The Bertz CT molecular complexity index is 746. The summed E-state index contributed by atoms with van der Waals surface area (Å²) in [5, 5.41) is 3.52. The zero-order chi connectivity index (χ0) is 22.2. The van der Waals surface area contributed by atoms with E-state index in [0.717, 1.165) is 5.76 Å². The van der Waals surface area contributed by atoms with E-state index in [2.05, 4.69) is 30.7 Å². The van der Waals surface area contributed by atoms with Gasteiger partial charge in [0.1, 0.15) is 11.8 Å². The zero-order valence-electron chi connectivity index (χ0n) is 17.1. The Hall–Kier alpha value is -2.44. The fourth-order valence-electron chi connectivity index (χ4n) is 2.08. The number of carbonyl (C=O) groups is 2. The van der Waals surface area contributed by atoms with Crippen LogP contribution in [0.15, 0.2) is 61.4 Å². The molecule has 0 saturated heterocycles. The minimum Gasteiger partial charge on any atom is -0.464 e. The molecule has 0 saturated carbocycles. The molecular weight excluding hydrogens is 410 g/mol. The van der Waals surface area contributed by atoms with Crippen molar-refractivity contribution in [1.29, 1.82) is 0 Å². The summed E-state index contributed by atoms with van der Waals surface area (Å²) >= 11 is 10.6. The van der Waals surface area contributed by atoms with Crippen molar-refractivity contribution in [2.75, 3.05) is 6.61 Å². The van der Waals surface area contributed by atoms with Gasteiger partial charge in [-0.15, -0.1) is 6.58 Å². The van der Waals surface area contributed by atoms with Crippen LogP contribution in [0.1, 0.15) is 44.0 Å². The monoisotopic (exact) mass is 437 g/mol. The summed E-state index contributed by atoms with van der Waals surface area (Å²) in [6.45, 7) is 12.7. The van der Waals surface area contributed by atoms with Gasteiger partial charge in [-0.3, -0.25) is 4.79 Å². The molecule has 1 amide bonds. The quantitative estimate of drug-likeness (QED) is 0.184. The molecule has 0 aliphatic carbocycles. The maximum absolute atomic E-state index is 12.1. The highest BCUT2D eigenvalue weighted by Crippen LogP contribution is 2.15. The van der Waals surface area contributed by atoms with Gasteiger partial charge in [0, 0.05) is 6.92 Å². The predicted octanol–water partition coefficient (Wildman–Crippen LogP) is 5.41. The molecule has 1 atom stereocenters. The molecule has 0 radical (unpaired) electrons. The van der Waals surface area contributed by atoms with Crippen LogP contribution in [-0.4, -0.2) is 29.6 Å². The molecule has 1 aromatic carbocycles. The summed E-state index contributed by atoms with van der Waals surface area (Å²) in [5.74, 6) is -0.0648. The van der Waals surface area contributed by atoms with Gasteiger partial charge in [0.05, 0.1) is 17.2 Å². The molecule has 0 fully saturated rings. The number of halogens is 1. The first-order chi connectivity index (χ1) is 13.8. The third-order valence-corrected chi connectivity index (χ3v) is 3.72. The first kappa shape index (κ1) is 26.6. The van der Waals surface area contributed by atoms with E-state index in [-0.39, 0.29) is 6.61 Å². The lowest BCUT2D eigenvalue weighted by Gasteiger charge is -2.17. The number of allylic oxidation sites excluding steroid dienone is 4. The van der Waals surface area contributed by atoms with Crippen LogP contribution >= 0.6 is 23.8 Å². The van der Waals surface area contributed by atoms with Gasteiger partial charge < -0.3 is 14.8 Å². The Labute approximate surface area is 183 Å². The number of rotatable bonds is 9. The standard InChI is InChI=1S/C15H18ClNO3.C7H10OS/c1-3-5-10-13(15(19)20-4-2)17-14(18)11-8-6-7-9-12(11)16;1-4-5-6(2)8-7(3)9/h3,6-9,13H,1,4-5,10H2,2H3,(H,17,18);4-5H,1H2,2-3H3/b;6-5+. The van der Waals surface area contributed by atoms with Crippen LogP contribution in [0.4, 0.5) is 0 Å². The molecule has 1 aromatic rings. The highest BCUT2D eigenvalue weighted by Gasteiger charge is 2.22. The zero-order valence-corrected chi connectivity index (χ0v) is 18.6. The normalized spacial score (nSPS) is 11.2. The smallest absolute Gasteiger partial charge is 0.328 e. The van der Waals surface area contributed by atoms with E-state index < -0.39 is 17.9 Å². The van der Waals surface area contributed by atoms with Gasteiger partial charge >= 0.3 is 5.97 Å². The number of ether oxygens (including phenoxy) is 2. The van der Waals surface area contributed by atoms with Crippen LogP contribution in [0, 0.1) is 0 Å². The lowest BCUT2D eigenvalue weighted by atomic mass is 10.1. The van der Waals surface area contributed by atoms with Gasteiger partial charge in [0.15, 0.2) is 5.05 Å². The Morgan fingerprint density at radius 2 is 1.93 bits per heavy atom. The molecule has 7 heteroatoms. The van der Waals surface area contributed by atoms with Gasteiger partial charge in [-0.2, -0.15) is 0 Å². The molecule has 0 aliphatic rings. The summed E-state index contributed by atoms with van der Waals surface area (Å²) in [6.07, 6.45) is 6.15. The fraction of sp³-hybridized carbons (Fsp3) is 0.318. The fourth-order valence-corrected chi connectivity index (χ4v) is 2.44. The van der Waals surface area contributed by atoms with Gasteiger partial charge in [-0.25, -0.2) is 4.79 Å². The molecule has 29 heavy (non-hydrogen) atoms. The lowest BCUT2D eigenvalue weighted by molar-refractivity contribution is -0.145. The van der Waals surface area contributed by atoms with Gasteiger partial charge in [-0.1, -0.05) is 42.5 Å². The van der Waals surface area contributed by atoms with Crippen LogP contribution in [0.2, 0.25) is 5.02 Å². The first-order valence-electron chi connectivity index (χ1n) is 9.07. The molecule has 0 aromatic heterocycles. The van der Waals surface area contributed by atoms with Crippen LogP contribution in [0.5, 0.6) is 0 Å². The highest BCUT2D eigenvalue weighted by molar-refractivity contribution is 7.80. The van der Waals surface area contributed by atoms with Crippen molar-refractivity contribution in [3.63, 3.8) is 0 Å². The van der Waals surface area contributed by atoms with Crippen molar-refractivity contribution < 1.29 is 19.1 Å². The second-order valence-electron chi connectivity index (χ2n) is 5.73. The van der Waals surface area contributed by atoms with E-state index >= 15 is 0 Å². The maximum Gasteiger partial charge on any atom is 0.328 e. The van der Waals surface area contributed by atoms with E-state index in [1.54, 1.807) is 56.3 Å². The summed E-state index contributed by atoms with van der Waals surface area (Å²) < 4.78 is 9.96. The molecule has 158 valence electrons. The van der Waals surface area contributed by atoms with Crippen LogP contribution in [-0.2, 0) is 14.3 Å². The Balaban J connectivity index is 0.000000734. The van der Waals surface area contributed by atoms with Crippen LogP contribution < -0.4 is 5.32 Å². The van der Waals surface area contributed by atoms with Gasteiger partial charge in [0.25, 0.3) is 5.91 Å². The van der Waals surface area contributed by atoms with Gasteiger partial charge in [-0.05, 0) is 57.1 Å². The number of esters is 1. The van der Waals surface area contributed by atoms with Crippen molar-refractivity contribution >= 4 is 40.7 Å². The molecule has 1 N–H and O–H groups in total. The predicted molar refractivity (Wildman–Crippen MR) is 122 cm³/mol. The average Bonchev–Trinajstić information content (AvgIpc) is 2.65. The van der Waals surface area contributed by atoms with E-state index in [4.69, 9.17) is 21.1 Å². The highest BCUT2D eigenvalue weighted by atomic mass is 35.5. The van der Waals surface area contributed by atoms with Crippen molar-refractivity contribution in [2.45, 2.75) is 39.7 Å². The van der Waals surface area contributed by atoms with Crippen molar-refractivity contribution in [1.82, 2.24) is 5.32 Å². The summed E-state index contributed by atoms with van der Waals surface area (Å²) in [6, 6.07) is 5.98. The number of carbonyl (C=O) groups excluding carboxylic acids is 2. The van der Waals surface area contributed by atoms with Crippen LogP contribution in [0.3, 0.4) is 0 Å². The molecule has 1 unspecified atom stereocenters. The molecule has 0 bridgehead atoms. The van der Waals surface area contributed by atoms with Crippen LogP contribution in [0.25, 0.3) is 0 Å². The molecule has 0 heterocycles. The molecule has 0 aliphatic heterocycles. The van der Waals surface area contributed by atoms with Gasteiger partial charge in [0.2, 0.25) is 0 Å².